The van der Waals surface area contributed by atoms with Gasteiger partial charge < -0.3 is 25.4 Å². The van der Waals surface area contributed by atoms with Crippen LogP contribution in [0.4, 0.5) is 4.79 Å². The van der Waals surface area contributed by atoms with Gasteiger partial charge in [-0.2, -0.15) is 0 Å². The zero-order valence-corrected chi connectivity index (χ0v) is 10.4. The lowest BCUT2D eigenvalue weighted by molar-refractivity contribution is -0.139. The van der Waals surface area contributed by atoms with Crippen LogP contribution in [0.3, 0.4) is 0 Å². The van der Waals surface area contributed by atoms with E-state index in [0.717, 1.165) is 0 Å². The molecule has 0 radical (unpaired) electrons. The third-order valence-electron chi connectivity index (χ3n) is 3.39. The molecule has 0 aromatic carbocycles. The molecule has 0 aliphatic carbocycles. The predicted octanol–water partition coefficient (Wildman–Crippen LogP) is -1.30. The van der Waals surface area contributed by atoms with Gasteiger partial charge in [0.1, 0.15) is 6.04 Å². The quantitative estimate of drug-likeness (QED) is 0.662. The summed E-state index contributed by atoms with van der Waals surface area (Å²) >= 11 is 0. The summed E-state index contributed by atoms with van der Waals surface area (Å²) in [5.41, 5.74) is 5.24. The van der Waals surface area contributed by atoms with Crippen molar-refractivity contribution in [2.24, 2.45) is 11.7 Å². The number of urea groups is 1. The summed E-state index contributed by atoms with van der Waals surface area (Å²) < 4.78 is 5.14. The number of rotatable bonds is 3. The Kier molecular flexibility index (Phi) is 3.89. The number of nitrogens with two attached hydrogens (primary N) is 1. The molecule has 0 bridgehead atoms. The van der Waals surface area contributed by atoms with Crippen LogP contribution in [0.25, 0.3) is 0 Å². The molecule has 8 heteroatoms. The molecule has 8 nitrogen and oxygen atoms in total. The molecule has 0 saturated carbocycles. The van der Waals surface area contributed by atoms with Crippen molar-refractivity contribution in [2.75, 3.05) is 32.8 Å². The topological polar surface area (TPSA) is 113 Å². The number of carboxylic acids is 1. The van der Waals surface area contributed by atoms with Gasteiger partial charge in [-0.25, -0.2) is 4.79 Å². The highest BCUT2D eigenvalue weighted by Gasteiger charge is 2.39. The minimum absolute atomic E-state index is 0.00508. The standard InChI is InChI=1S/C11H17N3O5/c12-10(17)8-6-19-2-1-14(8)11(18)13-4-7(5-13)3-9(15)16/h7-8H,1-6H2,(H2,12,17)(H,15,16). The van der Waals surface area contributed by atoms with Crippen LogP contribution >= 0.6 is 0 Å². The molecule has 1 atom stereocenters. The molecule has 2 aliphatic rings. The highest BCUT2D eigenvalue weighted by molar-refractivity contribution is 5.86. The first-order chi connectivity index (χ1) is 8.99. The Balaban J connectivity index is 1.89. The third-order valence-corrected chi connectivity index (χ3v) is 3.39. The van der Waals surface area contributed by atoms with E-state index >= 15 is 0 Å². The normalized spacial score (nSPS) is 23.9. The first-order valence-corrected chi connectivity index (χ1v) is 6.13. The Bertz CT molecular complexity index is 394. The Morgan fingerprint density at radius 2 is 2.00 bits per heavy atom. The molecule has 2 heterocycles. The van der Waals surface area contributed by atoms with Crippen molar-refractivity contribution in [1.82, 2.24) is 9.80 Å². The van der Waals surface area contributed by atoms with Gasteiger partial charge in [-0.05, 0) is 0 Å². The van der Waals surface area contributed by atoms with E-state index in [2.05, 4.69) is 0 Å². The van der Waals surface area contributed by atoms with Crippen LogP contribution in [0.1, 0.15) is 6.42 Å². The van der Waals surface area contributed by atoms with Crippen LogP contribution in [0.15, 0.2) is 0 Å². The highest BCUT2D eigenvalue weighted by Crippen LogP contribution is 2.22. The summed E-state index contributed by atoms with van der Waals surface area (Å²) in [5, 5.41) is 8.65. The molecule has 1 unspecified atom stereocenters. The van der Waals surface area contributed by atoms with Crippen LogP contribution in [0, 0.1) is 5.92 Å². The highest BCUT2D eigenvalue weighted by atomic mass is 16.5. The third kappa shape index (κ3) is 2.95. The second-order valence-electron chi connectivity index (χ2n) is 4.84. The molecule has 106 valence electrons. The Morgan fingerprint density at radius 1 is 1.32 bits per heavy atom. The number of ether oxygens (including phenoxy) is 1. The van der Waals surface area contributed by atoms with Crippen molar-refractivity contribution in [1.29, 1.82) is 0 Å². The van der Waals surface area contributed by atoms with Crippen LogP contribution < -0.4 is 5.73 Å². The maximum absolute atomic E-state index is 12.2. The average molecular weight is 271 g/mol. The van der Waals surface area contributed by atoms with E-state index in [-0.39, 0.29) is 25.0 Å². The van der Waals surface area contributed by atoms with Crippen LogP contribution in [0.2, 0.25) is 0 Å². The fraction of sp³-hybridized carbons (Fsp3) is 0.727. The van der Waals surface area contributed by atoms with E-state index < -0.39 is 17.9 Å². The molecule has 0 aromatic rings. The lowest BCUT2D eigenvalue weighted by Gasteiger charge is -2.44. The van der Waals surface area contributed by atoms with Crippen molar-refractivity contribution in [3.05, 3.63) is 0 Å². The number of likely N-dealkylation sites (tertiary alicyclic amines) is 1. The van der Waals surface area contributed by atoms with Crippen LogP contribution in [-0.4, -0.2) is 71.7 Å². The van der Waals surface area contributed by atoms with E-state index in [9.17, 15) is 14.4 Å². The van der Waals surface area contributed by atoms with E-state index in [1.165, 1.54) is 9.80 Å². The van der Waals surface area contributed by atoms with Crippen molar-refractivity contribution in [2.45, 2.75) is 12.5 Å². The van der Waals surface area contributed by atoms with E-state index in [1.807, 2.05) is 0 Å². The van der Waals surface area contributed by atoms with Crippen LogP contribution in [-0.2, 0) is 14.3 Å². The number of amides is 3. The summed E-state index contributed by atoms with van der Waals surface area (Å²) in [4.78, 5) is 36.9. The zero-order valence-electron chi connectivity index (χ0n) is 10.4. The Morgan fingerprint density at radius 3 is 2.58 bits per heavy atom. The van der Waals surface area contributed by atoms with Crippen molar-refractivity contribution >= 4 is 17.9 Å². The molecule has 0 spiro atoms. The molecule has 3 amide bonds. The van der Waals surface area contributed by atoms with Gasteiger partial charge in [0.25, 0.3) is 0 Å². The lowest BCUT2D eigenvalue weighted by Crippen LogP contribution is -2.62. The van der Waals surface area contributed by atoms with E-state index in [1.54, 1.807) is 0 Å². The summed E-state index contributed by atoms with van der Waals surface area (Å²) in [6.45, 7) is 1.64. The number of hydrogen-bond acceptors (Lipinski definition) is 4. The monoisotopic (exact) mass is 271 g/mol. The fourth-order valence-electron chi connectivity index (χ4n) is 2.35. The van der Waals surface area contributed by atoms with Gasteiger partial charge in [0.15, 0.2) is 0 Å². The van der Waals surface area contributed by atoms with Crippen LogP contribution in [0.5, 0.6) is 0 Å². The van der Waals surface area contributed by atoms with Gasteiger partial charge in [0.2, 0.25) is 5.91 Å². The number of carbonyl (C=O) groups excluding carboxylic acids is 2. The number of hydrogen-bond donors (Lipinski definition) is 2. The number of aliphatic carboxylic acids is 1. The van der Waals surface area contributed by atoms with Gasteiger partial charge in [-0.15, -0.1) is 0 Å². The van der Waals surface area contributed by atoms with Gasteiger partial charge in [0.05, 0.1) is 19.6 Å². The number of carbonyl (C=O) groups is 3. The number of nitrogens with zero attached hydrogens (tertiary/aromatic N) is 2. The minimum Gasteiger partial charge on any atom is -0.481 e. The number of morpholine rings is 1. The molecule has 2 rings (SSSR count). The second kappa shape index (κ2) is 5.43. The summed E-state index contributed by atoms with van der Waals surface area (Å²) in [6, 6.07) is -1.01. The molecule has 2 saturated heterocycles. The van der Waals surface area contributed by atoms with Gasteiger partial charge in [-0.1, -0.05) is 0 Å². The molecule has 2 fully saturated rings. The SMILES string of the molecule is NC(=O)C1COCCN1C(=O)N1CC(CC(=O)O)C1. The first kappa shape index (κ1) is 13.6. The van der Waals surface area contributed by atoms with Crippen molar-refractivity contribution in [3.8, 4) is 0 Å². The summed E-state index contributed by atoms with van der Waals surface area (Å²) in [6.07, 6.45) is 0.0616. The lowest BCUT2D eigenvalue weighted by atomic mass is 9.97. The van der Waals surface area contributed by atoms with Gasteiger partial charge in [-0.3, -0.25) is 9.59 Å². The minimum atomic E-state index is -0.863. The maximum Gasteiger partial charge on any atom is 0.320 e. The average Bonchev–Trinajstić information content (AvgIpc) is 2.32. The molecular weight excluding hydrogens is 254 g/mol. The number of carboxylic acid groups (broad SMARTS) is 1. The van der Waals surface area contributed by atoms with Gasteiger partial charge >= 0.3 is 12.0 Å². The van der Waals surface area contributed by atoms with Crippen molar-refractivity contribution in [3.63, 3.8) is 0 Å². The molecule has 19 heavy (non-hydrogen) atoms. The smallest absolute Gasteiger partial charge is 0.320 e. The van der Waals surface area contributed by atoms with Gasteiger partial charge in [0, 0.05) is 25.6 Å². The molecule has 0 aromatic heterocycles. The molecular formula is C11H17N3O5. The zero-order chi connectivity index (χ0) is 14.0. The first-order valence-electron chi connectivity index (χ1n) is 6.13. The molecule has 3 N–H and O–H groups in total. The van der Waals surface area contributed by atoms with E-state index in [4.69, 9.17) is 15.6 Å². The number of primary amides is 1. The second-order valence-corrected chi connectivity index (χ2v) is 4.84. The summed E-state index contributed by atoms with van der Waals surface area (Å²) in [5.74, 6) is -1.45. The van der Waals surface area contributed by atoms with E-state index in [0.29, 0.717) is 26.2 Å². The van der Waals surface area contributed by atoms with Crippen molar-refractivity contribution < 1.29 is 24.2 Å². The fourth-order valence-corrected chi connectivity index (χ4v) is 2.35. The summed E-state index contributed by atoms with van der Waals surface area (Å²) in [7, 11) is 0. The largest absolute Gasteiger partial charge is 0.481 e. The Labute approximate surface area is 110 Å². The predicted molar refractivity (Wildman–Crippen MR) is 63.2 cm³/mol. The molecule has 2 aliphatic heterocycles. The Hall–Kier alpha value is -1.83. The maximum atomic E-state index is 12.2.